The number of hydrogen-bond donors (Lipinski definition) is 2. The van der Waals surface area contributed by atoms with Crippen LogP contribution in [-0.4, -0.2) is 12.5 Å². The van der Waals surface area contributed by atoms with Crippen LogP contribution in [-0.2, 0) is 6.42 Å². The number of carbonyl (C=O) groups excluding carboxylic acids is 1. The van der Waals surface area contributed by atoms with Gasteiger partial charge in [-0.1, -0.05) is 30.3 Å². The number of amides is 1. The van der Waals surface area contributed by atoms with E-state index >= 15 is 0 Å². The van der Waals surface area contributed by atoms with E-state index in [1.807, 2.05) is 25.1 Å². The molecule has 4 nitrogen and oxygen atoms in total. The van der Waals surface area contributed by atoms with Crippen LogP contribution in [0.15, 0.2) is 46.9 Å². The lowest BCUT2D eigenvalue weighted by molar-refractivity contribution is 0.0923. The van der Waals surface area contributed by atoms with Crippen molar-refractivity contribution in [3.63, 3.8) is 0 Å². The average molecular weight is 272 g/mol. The maximum absolute atomic E-state index is 11.8. The van der Waals surface area contributed by atoms with Crippen LogP contribution in [0.4, 0.5) is 0 Å². The van der Waals surface area contributed by atoms with E-state index in [9.17, 15) is 4.79 Å². The molecule has 0 fully saturated rings. The molecular weight excluding hydrogens is 252 g/mol. The van der Waals surface area contributed by atoms with E-state index < -0.39 is 0 Å². The Labute approximate surface area is 119 Å². The largest absolute Gasteiger partial charge is 0.454 e. The first kappa shape index (κ1) is 14.3. The van der Waals surface area contributed by atoms with Gasteiger partial charge in [0.05, 0.1) is 6.04 Å². The highest BCUT2D eigenvalue weighted by Crippen LogP contribution is 2.13. The molecule has 0 aliphatic rings. The quantitative estimate of drug-likeness (QED) is 0.794. The van der Waals surface area contributed by atoms with Crippen molar-refractivity contribution in [2.75, 3.05) is 6.54 Å². The average Bonchev–Trinajstić information content (AvgIpc) is 2.94. The lowest BCUT2D eigenvalue weighted by Crippen LogP contribution is -2.24. The zero-order chi connectivity index (χ0) is 14.4. The molecule has 0 aliphatic heterocycles. The van der Waals surface area contributed by atoms with E-state index in [-0.39, 0.29) is 11.9 Å². The fraction of sp³-hybridized carbons (Fsp3) is 0.312. The molecule has 0 radical (unpaired) electrons. The highest BCUT2D eigenvalue weighted by Gasteiger charge is 2.12. The summed E-state index contributed by atoms with van der Waals surface area (Å²) >= 11 is 0. The third-order valence-electron chi connectivity index (χ3n) is 3.07. The maximum Gasteiger partial charge on any atom is 0.286 e. The number of benzene rings is 1. The third-order valence-corrected chi connectivity index (χ3v) is 3.07. The lowest BCUT2D eigenvalue weighted by Gasteiger charge is -2.04. The first-order valence-corrected chi connectivity index (χ1v) is 6.84. The normalized spacial score (nSPS) is 12.1. The fourth-order valence-electron chi connectivity index (χ4n) is 1.95. The second kappa shape index (κ2) is 6.91. The molecule has 0 aliphatic carbocycles. The summed E-state index contributed by atoms with van der Waals surface area (Å²) < 4.78 is 5.39. The molecule has 1 heterocycles. The van der Waals surface area contributed by atoms with Gasteiger partial charge in [0.2, 0.25) is 0 Å². The van der Waals surface area contributed by atoms with Crippen LogP contribution in [0.25, 0.3) is 0 Å². The minimum atomic E-state index is -0.199. The van der Waals surface area contributed by atoms with Gasteiger partial charge in [-0.3, -0.25) is 4.79 Å². The first-order chi connectivity index (χ1) is 9.66. The van der Waals surface area contributed by atoms with Crippen molar-refractivity contribution in [3.05, 3.63) is 59.5 Å². The smallest absolute Gasteiger partial charge is 0.286 e. The molecule has 2 rings (SSSR count). The number of hydrogen-bond acceptors (Lipinski definition) is 3. The van der Waals surface area contributed by atoms with Gasteiger partial charge in [-0.25, -0.2) is 0 Å². The van der Waals surface area contributed by atoms with Crippen LogP contribution in [0.2, 0.25) is 0 Å². The zero-order valence-corrected chi connectivity index (χ0v) is 11.6. The van der Waals surface area contributed by atoms with Gasteiger partial charge >= 0.3 is 0 Å². The Balaban J connectivity index is 1.75. The molecule has 1 atom stereocenters. The van der Waals surface area contributed by atoms with Gasteiger partial charge < -0.3 is 15.5 Å². The Hall–Kier alpha value is -2.07. The molecule has 3 N–H and O–H groups in total. The van der Waals surface area contributed by atoms with Crippen molar-refractivity contribution in [2.45, 2.75) is 25.8 Å². The second-order valence-electron chi connectivity index (χ2n) is 4.84. The topological polar surface area (TPSA) is 68.3 Å². The molecule has 0 saturated carbocycles. The zero-order valence-electron chi connectivity index (χ0n) is 11.6. The van der Waals surface area contributed by atoms with Crippen LogP contribution < -0.4 is 11.1 Å². The van der Waals surface area contributed by atoms with Crippen molar-refractivity contribution in [1.29, 1.82) is 0 Å². The minimum absolute atomic E-state index is 0.190. The fourth-order valence-corrected chi connectivity index (χ4v) is 1.95. The van der Waals surface area contributed by atoms with E-state index in [0.29, 0.717) is 18.1 Å². The summed E-state index contributed by atoms with van der Waals surface area (Å²) in [7, 11) is 0. The molecule has 106 valence electrons. The summed E-state index contributed by atoms with van der Waals surface area (Å²) in [6.45, 7) is 2.45. The summed E-state index contributed by atoms with van der Waals surface area (Å²) in [5.74, 6) is 0.751. The molecular formula is C16H20N2O2. The Morgan fingerprint density at radius 2 is 2.00 bits per heavy atom. The van der Waals surface area contributed by atoms with E-state index in [0.717, 1.165) is 12.8 Å². The van der Waals surface area contributed by atoms with Crippen LogP contribution >= 0.6 is 0 Å². The summed E-state index contributed by atoms with van der Waals surface area (Å²) in [4.78, 5) is 11.8. The SMILES string of the molecule is CC(N)c1ccc(C(=O)NCCCc2ccccc2)o1. The van der Waals surface area contributed by atoms with Crippen molar-refractivity contribution in [1.82, 2.24) is 5.32 Å². The van der Waals surface area contributed by atoms with Crippen molar-refractivity contribution in [3.8, 4) is 0 Å². The molecule has 4 heteroatoms. The van der Waals surface area contributed by atoms with Crippen LogP contribution in [0.5, 0.6) is 0 Å². The van der Waals surface area contributed by atoms with Gasteiger partial charge in [-0.2, -0.15) is 0 Å². The van der Waals surface area contributed by atoms with Gasteiger partial charge in [0.15, 0.2) is 5.76 Å². The third kappa shape index (κ3) is 3.96. The van der Waals surface area contributed by atoms with Gasteiger partial charge in [0.25, 0.3) is 5.91 Å². The van der Waals surface area contributed by atoms with E-state index in [2.05, 4.69) is 17.4 Å². The molecule has 0 saturated heterocycles. The minimum Gasteiger partial charge on any atom is -0.454 e. The molecule has 1 unspecified atom stereocenters. The highest BCUT2D eigenvalue weighted by atomic mass is 16.4. The van der Waals surface area contributed by atoms with Gasteiger partial charge in [0, 0.05) is 6.54 Å². The van der Waals surface area contributed by atoms with Gasteiger partial charge in [-0.05, 0) is 37.5 Å². The van der Waals surface area contributed by atoms with Crippen molar-refractivity contribution >= 4 is 5.91 Å². The summed E-state index contributed by atoms with van der Waals surface area (Å²) in [6, 6.07) is 13.4. The van der Waals surface area contributed by atoms with E-state index in [1.54, 1.807) is 12.1 Å². The highest BCUT2D eigenvalue weighted by molar-refractivity contribution is 5.91. The molecule has 1 amide bonds. The number of rotatable bonds is 6. The Bertz CT molecular complexity index is 547. The molecule has 20 heavy (non-hydrogen) atoms. The van der Waals surface area contributed by atoms with Gasteiger partial charge in [0.1, 0.15) is 5.76 Å². The first-order valence-electron chi connectivity index (χ1n) is 6.84. The monoisotopic (exact) mass is 272 g/mol. The lowest BCUT2D eigenvalue weighted by atomic mass is 10.1. The predicted molar refractivity (Wildman–Crippen MR) is 78.4 cm³/mol. The number of furan rings is 1. The Morgan fingerprint density at radius 3 is 2.65 bits per heavy atom. The van der Waals surface area contributed by atoms with Crippen LogP contribution in [0.1, 0.15) is 41.3 Å². The van der Waals surface area contributed by atoms with E-state index in [4.69, 9.17) is 10.2 Å². The van der Waals surface area contributed by atoms with Crippen molar-refractivity contribution < 1.29 is 9.21 Å². The second-order valence-corrected chi connectivity index (χ2v) is 4.84. The Morgan fingerprint density at radius 1 is 1.25 bits per heavy atom. The Kier molecular flexibility index (Phi) is 4.96. The van der Waals surface area contributed by atoms with Crippen LogP contribution in [0.3, 0.4) is 0 Å². The maximum atomic E-state index is 11.8. The number of aryl methyl sites for hydroxylation is 1. The molecule has 1 aromatic heterocycles. The molecule has 0 spiro atoms. The standard InChI is InChI=1S/C16H20N2O2/c1-12(17)14-9-10-15(20-14)16(19)18-11-5-8-13-6-3-2-4-7-13/h2-4,6-7,9-10,12H,5,8,11,17H2,1H3,(H,18,19). The molecule has 0 bridgehead atoms. The summed E-state index contributed by atoms with van der Waals surface area (Å²) in [5.41, 5.74) is 6.96. The molecule has 1 aromatic carbocycles. The van der Waals surface area contributed by atoms with Gasteiger partial charge in [-0.15, -0.1) is 0 Å². The number of nitrogens with two attached hydrogens (primary N) is 1. The number of carbonyl (C=O) groups is 1. The number of nitrogens with one attached hydrogen (secondary N) is 1. The summed E-state index contributed by atoms with van der Waals surface area (Å²) in [5, 5.41) is 2.85. The molecule has 2 aromatic rings. The van der Waals surface area contributed by atoms with Crippen LogP contribution in [0, 0.1) is 0 Å². The summed E-state index contributed by atoms with van der Waals surface area (Å²) in [6.07, 6.45) is 1.85. The van der Waals surface area contributed by atoms with Crippen molar-refractivity contribution in [2.24, 2.45) is 5.73 Å². The van der Waals surface area contributed by atoms with E-state index in [1.165, 1.54) is 5.56 Å². The predicted octanol–water partition coefficient (Wildman–Crippen LogP) is 2.66.